The molecule has 1 aromatic heterocycles. The lowest BCUT2D eigenvalue weighted by Crippen LogP contribution is -2.03. The molecule has 0 saturated carbocycles. The number of rotatable bonds is 4. The molecule has 88 valence electrons. The molecule has 0 radical (unpaired) electrons. The van der Waals surface area contributed by atoms with Crippen molar-refractivity contribution in [3.63, 3.8) is 0 Å². The van der Waals surface area contributed by atoms with Crippen LogP contribution in [0.5, 0.6) is 0 Å². The van der Waals surface area contributed by atoms with Crippen LogP contribution >= 0.6 is 11.3 Å². The van der Waals surface area contributed by atoms with Crippen LogP contribution in [0.3, 0.4) is 0 Å². The number of benzene rings is 1. The van der Waals surface area contributed by atoms with Crippen molar-refractivity contribution in [3.05, 3.63) is 57.5 Å². The first-order chi connectivity index (χ1) is 8.16. The van der Waals surface area contributed by atoms with Crippen LogP contribution in [0.15, 0.2) is 35.7 Å². The number of halogens is 1. The summed E-state index contributed by atoms with van der Waals surface area (Å²) in [5.41, 5.74) is 1.34. The van der Waals surface area contributed by atoms with Crippen LogP contribution in [0.1, 0.15) is 27.2 Å². The summed E-state index contributed by atoms with van der Waals surface area (Å²) in [6.45, 7) is 1.83. The van der Waals surface area contributed by atoms with Gasteiger partial charge in [0.15, 0.2) is 5.78 Å². The van der Waals surface area contributed by atoms with Gasteiger partial charge in [0, 0.05) is 16.9 Å². The molecule has 0 spiro atoms. The molecule has 3 heteroatoms. The minimum absolute atomic E-state index is 0.00963. The van der Waals surface area contributed by atoms with Gasteiger partial charge in [-0.05, 0) is 42.5 Å². The van der Waals surface area contributed by atoms with Gasteiger partial charge in [-0.1, -0.05) is 12.1 Å². The number of carbonyl (C=O) groups excluding carboxylic acids is 1. The summed E-state index contributed by atoms with van der Waals surface area (Å²) in [6.07, 6.45) is 1.16. The number of thiophene rings is 1. The Morgan fingerprint density at radius 1 is 1.35 bits per heavy atom. The second-order valence-corrected chi connectivity index (χ2v) is 4.99. The second kappa shape index (κ2) is 5.23. The number of hydrogen-bond acceptors (Lipinski definition) is 2. The Bertz CT molecular complexity index is 517. The molecule has 1 nitrogen and oxygen atoms in total. The maximum atomic E-state index is 13.1. The van der Waals surface area contributed by atoms with Crippen LogP contribution in [0.25, 0.3) is 0 Å². The molecule has 0 bridgehead atoms. The van der Waals surface area contributed by atoms with Crippen molar-refractivity contribution in [1.82, 2.24) is 0 Å². The highest BCUT2D eigenvalue weighted by Crippen LogP contribution is 2.16. The number of Topliss-reactive ketones (excluding diaryl/α,β-unsaturated/α-hetero) is 1. The average Bonchev–Trinajstić information content (AvgIpc) is 2.82. The minimum atomic E-state index is -0.352. The van der Waals surface area contributed by atoms with Crippen molar-refractivity contribution in [3.8, 4) is 0 Å². The second-order valence-electron chi connectivity index (χ2n) is 3.96. The standard InChI is InChI=1S/C14H13FOS/c1-10-4-5-11(15)9-13(10)14(16)7-6-12-3-2-8-17-12/h2-5,8-9H,6-7H2,1H3. The van der Waals surface area contributed by atoms with E-state index in [1.54, 1.807) is 17.4 Å². The summed E-state index contributed by atoms with van der Waals surface area (Å²) in [4.78, 5) is 13.1. The summed E-state index contributed by atoms with van der Waals surface area (Å²) in [7, 11) is 0. The molecule has 0 aliphatic carbocycles. The third-order valence-electron chi connectivity index (χ3n) is 2.68. The summed E-state index contributed by atoms with van der Waals surface area (Å²) in [6, 6.07) is 8.33. The average molecular weight is 248 g/mol. The smallest absolute Gasteiger partial charge is 0.163 e. The van der Waals surface area contributed by atoms with E-state index in [2.05, 4.69) is 0 Å². The fourth-order valence-corrected chi connectivity index (χ4v) is 2.43. The van der Waals surface area contributed by atoms with E-state index < -0.39 is 0 Å². The van der Waals surface area contributed by atoms with Crippen molar-refractivity contribution >= 4 is 17.1 Å². The highest BCUT2D eigenvalue weighted by molar-refractivity contribution is 7.09. The zero-order valence-corrected chi connectivity index (χ0v) is 10.4. The van der Waals surface area contributed by atoms with Crippen molar-refractivity contribution in [2.75, 3.05) is 0 Å². The van der Waals surface area contributed by atoms with Gasteiger partial charge in [0.1, 0.15) is 5.82 Å². The molecule has 1 heterocycles. The van der Waals surface area contributed by atoms with Gasteiger partial charge in [-0.2, -0.15) is 0 Å². The Morgan fingerprint density at radius 2 is 2.18 bits per heavy atom. The zero-order chi connectivity index (χ0) is 12.3. The van der Waals surface area contributed by atoms with Crippen LogP contribution in [0.4, 0.5) is 4.39 Å². The van der Waals surface area contributed by atoms with Gasteiger partial charge >= 0.3 is 0 Å². The van der Waals surface area contributed by atoms with Gasteiger partial charge in [-0.3, -0.25) is 4.79 Å². The van der Waals surface area contributed by atoms with Crippen molar-refractivity contribution in [2.24, 2.45) is 0 Å². The van der Waals surface area contributed by atoms with Crippen LogP contribution < -0.4 is 0 Å². The largest absolute Gasteiger partial charge is 0.294 e. The summed E-state index contributed by atoms with van der Waals surface area (Å²) < 4.78 is 13.1. The van der Waals surface area contributed by atoms with E-state index in [9.17, 15) is 9.18 Å². The first kappa shape index (κ1) is 12.0. The van der Waals surface area contributed by atoms with E-state index in [0.29, 0.717) is 12.0 Å². The molecule has 0 amide bonds. The van der Waals surface area contributed by atoms with Crippen LogP contribution in [-0.4, -0.2) is 5.78 Å². The SMILES string of the molecule is Cc1ccc(F)cc1C(=O)CCc1cccs1. The molecule has 2 rings (SSSR count). The van der Waals surface area contributed by atoms with E-state index in [-0.39, 0.29) is 11.6 Å². The Hall–Kier alpha value is -1.48. The fraction of sp³-hybridized carbons (Fsp3) is 0.214. The van der Waals surface area contributed by atoms with Gasteiger partial charge in [0.25, 0.3) is 0 Å². The highest BCUT2D eigenvalue weighted by Gasteiger charge is 2.10. The molecule has 0 atom stereocenters. The summed E-state index contributed by atoms with van der Waals surface area (Å²) >= 11 is 1.64. The van der Waals surface area contributed by atoms with Crippen molar-refractivity contribution in [2.45, 2.75) is 19.8 Å². The van der Waals surface area contributed by atoms with Crippen LogP contribution in [0.2, 0.25) is 0 Å². The third kappa shape index (κ3) is 3.01. The zero-order valence-electron chi connectivity index (χ0n) is 9.57. The quantitative estimate of drug-likeness (QED) is 0.747. The maximum absolute atomic E-state index is 13.1. The Kier molecular flexibility index (Phi) is 3.69. The predicted molar refractivity (Wildman–Crippen MR) is 68.1 cm³/mol. The van der Waals surface area contributed by atoms with E-state index in [4.69, 9.17) is 0 Å². The van der Waals surface area contributed by atoms with E-state index in [0.717, 1.165) is 12.0 Å². The molecule has 0 aliphatic rings. The lowest BCUT2D eigenvalue weighted by molar-refractivity contribution is 0.0982. The Labute approximate surface area is 104 Å². The molecular formula is C14H13FOS. The fourth-order valence-electron chi connectivity index (χ4n) is 1.72. The van der Waals surface area contributed by atoms with Gasteiger partial charge < -0.3 is 0 Å². The number of ketones is 1. The van der Waals surface area contributed by atoms with E-state index >= 15 is 0 Å². The molecule has 1 aromatic carbocycles. The monoisotopic (exact) mass is 248 g/mol. The molecule has 0 fully saturated rings. The Morgan fingerprint density at radius 3 is 2.88 bits per heavy atom. The number of aryl methyl sites for hydroxylation is 2. The predicted octanol–water partition coefficient (Wildman–Crippen LogP) is 4.01. The van der Waals surface area contributed by atoms with E-state index in [1.807, 2.05) is 24.4 Å². The normalized spacial score (nSPS) is 10.5. The number of carbonyl (C=O) groups is 1. The minimum Gasteiger partial charge on any atom is -0.294 e. The van der Waals surface area contributed by atoms with Crippen molar-refractivity contribution in [1.29, 1.82) is 0 Å². The van der Waals surface area contributed by atoms with Gasteiger partial charge in [-0.25, -0.2) is 4.39 Å². The molecule has 0 N–H and O–H groups in total. The van der Waals surface area contributed by atoms with Crippen LogP contribution in [-0.2, 0) is 6.42 Å². The van der Waals surface area contributed by atoms with Crippen LogP contribution in [0, 0.1) is 12.7 Å². The molecule has 0 saturated heterocycles. The Balaban J connectivity index is 2.07. The van der Waals surface area contributed by atoms with Gasteiger partial charge in [0.05, 0.1) is 0 Å². The molecule has 0 aliphatic heterocycles. The van der Waals surface area contributed by atoms with Crippen molar-refractivity contribution < 1.29 is 9.18 Å². The summed E-state index contributed by atoms with van der Waals surface area (Å²) in [5, 5.41) is 1.99. The first-order valence-corrected chi connectivity index (χ1v) is 6.36. The molecular weight excluding hydrogens is 235 g/mol. The van der Waals surface area contributed by atoms with Gasteiger partial charge in [-0.15, -0.1) is 11.3 Å². The molecule has 2 aromatic rings. The third-order valence-corrected chi connectivity index (χ3v) is 3.61. The highest BCUT2D eigenvalue weighted by atomic mass is 32.1. The molecule has 17 heavy (non-hydrogen) atoms. The summed E-state index contributed by atoms with van der Waals surface area (Å²) in [5.74, 6) is -0.342. The topological polar surface area (TPSA) is 17.1 Å². The molecule has 0 unspecified atom stereocenters. The lowest BCUT2D eigenvalue weighted by Gasteiger charge is -2.04. The van der Waals surface area contributed by atoms with E-state index in [1.165, 1.54) is 17.0 Å². The number of hydrogen-bond donors (Lipinski definition) is 0. The maximum Gasteiger partial charge on any atom is 0.163 e. The first-order valence-electron chi connectivity index (χ1n) is 5.48. The van der Waals surface area contributed by atoms with Gasteiger partial charge in [0.2, 0.25) is 0 Å². The lowest BCUT2D eigenvalue weighted by atomic mass is 10.0.